The van der Waals surface area contributed by atoms with Crippen LogP contribution in [0.4, 0.5) is 0 Å². The summed E-state index contributed by atoms with van der Waals surface area (Å²) in [5, 5.41) is 11.4. The van der Waals surface area contributed by atoms with Crippen molar-refractivity contribution >= 4 is 17.7 Å². The van der Waals surface area contributed by atoms with Gasteiger partial charge in [-0.1, -0.05) is 30.3 Å². The summed E-state index contributed by atoms with van der Waals surface area (Å²) in [6.45, 7) is 0.690. The zero-order valence-corrected chi connectivity index (χ0v) is 9.30. The fourth-order valence-corrected chi connectivity index (χ4v) is 1.64. The van der Waals surface area contributed by atoms with E-state index in [0.29, 0.717) is 18.1 Å². The molecule has 0 spiro atoms. The predicted molar refractivity (Wildman–Crippen MR) is 62.7 cm³/mol. The predicted octanol–water partition coefficient (Wildman–Crippen LogP) is 1.03. The van der Waals surface area contributed by atoms with Gasteiger partial charge in [-0.05, 0) is 5.56 Å². The van der Waals surface area contributed by atoms with Crippen LogP contribution in [0.2, 0.25) is 0 Å². The van der Waals surface area contributed by atoms with Crippen LogP contribution in [0.25, 0.3) is 0 Å². The number of benzene rings is 1. The summed E-state index contributed by atoms with van der Waals surface area (Å²) in [5.41, 5.74) is 1.10. The molecule has 0 fully saturated rings. The van der Waals surface area contributed by atoms with Gasteiger partial charge in [0.05, 0.1) is 12.4 Å². The van der Waals surface area contributed by atoms with E-state index in [2.05, 4.69) is 5.32 Å². The molecule has 0 atom stereocenters. The molecule has 1 amide bonds. The maximum atomic E-state index is 11.3. The summed E-state index contributed by atoms with van der Waals surface area (Å²) in [4.78, 5) is 11.3. The second-order valence-electron chi connectivity index (χ2n) is 3.04. The number of aliphatic hydroxyl groups is 1. The van der Waals surface area contributed by atoms with Gasteiger partial charge in [0.15, 0.2) is 0 Å². The van der Waals surface area contributed by atoms with Gasteiger partial charge in [0, 0.05) is 12.3 Å². The first-order valence-electron chi connectivity index (χ1n) is 4.82. The summed E-state index contributed by atoms with van der Waals surface area (Å²) < 4.78 is 0. The lowest BCUT2D eigenvalue weighted by molar-refractivity contribution is -0.118. The maximum absolute atomic E-state index is 11.3. The molecule has 0 radical (unpaired) electrons. The van der Waals surface area contributed by atoms with Crippen molar-refractivity contribution in [3.05, 3.63) is 35.9 Å². The number of thioether (sulfide) groups is 1. The molecule has 15 heavy (non-hydrogen) atoms. The number of carbonyl (C=O) groups excluding carboxylic acids is 1. The third-order valence-corrected chi connectivity index (χ3v) is 2.74. The largest absolute Gasteiger partial charge is 0.396 e. The Hall–Kier alpha value is -1.00. The van der Waals surface area contributed by atoms with Crippen LogP contribution in [0.1, 0.15) is 5.56 Å². The highest BCUT2D eigenvalue weighted by Gasteiger charge is 2.00. The fourth-order valence-electron chi connectivity index (χ4n) is 1.08. The Bertz CT molecular complexity index is 290. The highest BCUT2D eigenvalue weighted by atomic mass is 32.2. The third-order valence-electron chi connectivity index (χ3n) is 1.80. The molecule has 0 saturated carbocycles. The SMILES string of the molecule is O=C(CSCCO)NCc1ccccc1. The van der Waals surface area contributed by atoms with Crippen molar-refractivity contribution in [2.24, 2.45) is 0 Å². The van der Waals surface area contributed by atoms with Crippen LogP contribution in [0.5, 0.6) is 0 Å². The Morgan fingerprint density at radius 3 is 2.73 bits per heavy atom. The summed E-state index contributed by atoms with van der Waals surface area (Å²) in [6.07, 6.45) is 0. The van der Waals surface area contributed by atoms with Crippen LogP contribution in [0.15, 0.2) is 30.3 Å². The van der Waals surface area contributed by atoms with E-state index in [9.17, 15) is 4.79 Å². The van der Waals surface area contributed by atoms with Crippen LogP contribution in [0, 0.1) is 0 Å². The molecule has 0 aromatic heterocycles. The van der Waals surface area contributed by atoms with Gasteiger partial charge < -0.3 is 10.4 Å². The zero-order chi connectivity index (χ0) is 10.9. The van der Waals surface area contributed by atoms with Gasteiger partial charge in [-0.25, -0.2) is 0 Å². The number of carbonyl (C=O) groups is 1. The molecule has 0 unspecified atom stereocenters. The first-order chi connectivity index (χ1) is 7.33. The average Bonchev–Trinajstić information content (AvgIpc) is 2.28. The molecule has 0 aliphatic carbocycles. The molecule has 0 aliphatic heterocycles. The van der Waals surface area contributed by atoms with Gasteiger partial charge >= 0.3 is 0 Å². The van der Waals surface area contributed by atoms with Crippen molar-refractivity contribution < 1.29 is 9.90 Å². The third kappa shape index (κ3) is 5.44. The number of nitrogens with one attached hydrogen (secondary N) is 1. The van der Waals surface area contributed by atoms with E-state index in [1.54, 1.807) is 0 Å². The monoisotopic (exact) mass is 225 g/mol. The lowest BCUT2D eigenvalue weighted by Crippen LogP contribution is -2.24. The molecule has 0 aliphatic rings. The zero-order valence-electron chi connectivity index (χ0n) is 8.48. The molecular formula is C11H15NO2S. The average molecular weight is 225 g/mol. The van der Waals surface area contributed by atoms with Crippen molar-refractivity contribution in [3.8, 4) is 0 Å². The molecule has 82 valence electrons. The minimum atomic E-state index is 0.0114. The van der Waals surface area contributed by atoms with Gasteiger partial charge in [0.2, 0.25) is 5.91 Å². The molecule has 1 aromatic carbocycles. The molecule has 1 aromatic rings. The molecule has 3 nitrogen and oxygen atoms in total. The van der Waals surface area contributed by atoms with Gasteiger partial charge in [-0.2, -0.15) is 0 Å². The molecule has 0 heterocycles. The summed E-state index contributed by atoms with van der Waals surface area (Å²) in [6, 6.07) is 9.79. The normalized spacial score (nSPS) is 9.93. The van der Waals surface area contributed by atoms with Crippen LogP contribution >= 0.6 is 11.8 Å². The number of hydrogen-bond acceptors (Lipinski definition) is 3. The van der Waals surface area contributed by atoms with E-state index in [-0.39, 0.29) is 12.5 Å². The van der Waals surface area contributed by atoms with Crippen molar-refractivity contribution in [1.82, 2.24) is 5.32 Å². The lowest BCUT2D eigenvalue weighted by atomic mass is 10.2. The lowest BCUT2D eigenvalue weighted by Gasteiger charge is -2.04. The van der Waals surface area contributed by atoms with Crippen molar-refractivity contribution in [3.63, 3.8) is 0 Å². The number of rotatable bonds is 6. The van der Waals surface area contributed by atoms with Crippen LogP contribution < -0.4 is 5.32 Å². The standard InChI is InChI=1S/C11H15NO2S/c13-6-7-15-9-11(14)12-8-10-4-2-1-3-5-10/h1-5,13H,6-9H2,(H,12,14). The molecule has 2 N–H and O–H groups in total. The Kier molecular flexibility index (Phi) is 5.88. The highest BCUT2D eigenvalue weighted by Crippen LogP contribution is 1.99. The van der Waals surface area contributed by atoms with E-state index < -0.39 is 0 Å². The minimum Gasteiger partial charge on any atom is -0.396 e. The smallest absolute Gasteiger partial charge is 0.230 e. The van der Waals surface area contributed by atoms with Crippen LogP contribution in [0.3, 0.4) is 0 Å². The first kappa shape index (κ1) is 12.1. The quantitative estimate of drug-likeness (QED) is 0.711. The van der Waals surface area contributed by atoms with Crippen molar-refractivity contribution in [1.29, 1.82) is 0 Å². The van der Waals surface area contributed by atoms with Crippen molar-refractivity contribution in [2.45, 2.75) is 6.54 Å². The Morgan fingerprint density at radius 1 is 1.33 bits per heavy atom. The molecule has 4 heteroatoms. The van der Waals surface area contributed by atoms with E-state index in [1.807, 2.05) is 30.3 Å². The molecule has 0 saturated heterocycles. The van der Waals surface area contributed by atoms with E-state index in [0.717, 1.165) is 5.56 Å². The number of amides is 1. The van der Waals surface area contributed by atoms with E-state index in [4.69, 9.17) is 5.11 Å². The second kappa shape index (κ2) is 7.31. The Balaban J connectivity index is 2.17. The van der Waals surface area contributed by atoms with Gasteiger partial charge in [-0.3, -0.25) is 4.79 Å². The molecular weight excluding hydrogens is 210 g/mol. The summed E-state index contributed by atoms with van der Waals surface area (Å²) in [5.74, 6) is 1.03. The van der Waals surface area contributed by atoms with E-state index in [1.165, 1.54) is 11.8 Å². The van der Waals surface area contributed by atoms with Crippen molar-refractivity contribution in [2.75, 3.05) is 18.1 Å². The fraction of sp³-hybridized carbons (Fsp3) is 0.364. The maximum Gasteiger partial charge on any atom is 0.230 e. The minimum absolute atomic E-state index is 0.0114. The van der Waals surface area contributed by atoms with Gasteiger partial charge in [0.1, 0.15) is 0 Å². The first-order valence-corrected chi connectivity index (χ1v) is 5.97. The molecule has 1 rings (SSSR count). The van der Waals surface area contributed by atoms with Gasteiger partial charge in [-0.15, -0.1) is 11.8 Å². The van der Waals surface area contributed by atoms with Crippen LogP contribution in [-0.4, -0.2) is 29.1 Å². The topological polar surface area (TPSA) is 49.3 Å². The van der Waals surface area contributed by atoms with E-state index >= 15 is 0 Å². The molecule has 0 bridgehead atoms. The Morgan fingerprint density at radius 2 is 2.07 bits per heavy atom. The number of hydrogen-bond donors (Lipinski definition) is 2. The number of aliphatic hydroxyl groups excluding tert-OH is 1. The van der Waals surface area contributed by atoms with Gasteiger partial charge in [0.25, 0.3) is 0 Å². The summed E-state index contributed by atoms with van der Waals surface area (Å²) in [7, 11) is 0. The second-order valence-corrected chi connectivity index (χ2v) is 4.14. The summed E-state index contributed by atoms with van der Waals surface area (Å²) >= 11 is 1.43. The Labute approximate surface area is 93.9 Å². The van der Waals surface area contributed by atoms with Crippen LogP contribution in [-0.2, 0) is 11.3 Å². The highest BCUT2D eigenvalue weighted by molar-refractivity contribution is 7.99.